The van der Waals surface area contributed by atoms with Gasteiger partial charge in [-0.3, -0.25) is 9.59 Å². The monoisotopic (exact) mass is 449 g/mol. The van der Waals surface area contributed by atoms with Crippen LogP contribution in [0.25, 0.3) is 0 Å². The average molecular weight is 450 g/mol. The zero-order valence-electron chi connectivity index (χ0n) is 16.8. The predicted molar refractivity (Wildman–Crippen MR) is 116 cm³/mol. The summed E-state index contributed by atoms with van der Waals surface area (Å²) in [5, 5.41) is 3.09. The summed E-state index contributed by atoms with van der Waals surface area (Å²) in [5.41, 5.74) is 0.887. The SMILES string of the molecule is CN(C)S(=O)(=O)c1ccc(Cl)c(C(=O)N2CCC(C(=O)Nc3ccccc3)CC2)c1. The Labute approximate surface area is 181 Å². The van der Waals surface area contributed by atoms with E-state index in [9.17, 15) is 18.0 Å². The molecule has 0 aliphatic carbocycles. The number of benzene rings is 2. The van der Waals surface area contributed by atoms with E-state index in [0.717, 1.165) is 9.99 Å². The third-order valence-electron chi connectivity index (χ3n) is 5.14. The maximum Gasteiger partial charge on any atom is 0.255 e. The lowest BCUT2D eigenvalue weighted by molar-refractivity contribution is -0.121. The van der Waals surface area contributed by atoms with Crippen molar-refractivity contribution in [1.82, 2.24) is 9.21 Å². The number of halogens is 1. The third-order valence-corrected chi connectivity index (χ3v) is 7.28. The van der Waals surface area contributed by atoms with Crippen LogP contribution in [-0.2, 0) is 14.8 Å². The fraction of sp³-hybridized carbons (Fsp3) is 0.333. The van der Waals surface area contributed by atoms with Gasteiger partial charge in [-0.25, -0.2) is 12.7 Å². The number of nitrogens with zero attached hydrogens (tertiary/aromatic N) is 2. The summed E-state index contributed by atoms with van der Waals surface area (Å²) in [4.78, 5) is 27.1. The zero-order chi connectivity index (χ0) is 21.9. The Balaban J connectivity index is 1.67. The molecule has 0 saturated carbocycles. The second-order valence-electron chi connectivity index (χ2n) is 7.35. The predicted octanol–water partition coefficient (Wildman–Crippen LogP) is 3.08. The molecule has 30 heavy (non-hydrogen) atoms. The molecule has 0 bridgehead atoms. The first-order chi connectivity index (χ1) is 14.2. The summed E-state index contributed by atoms with van der Waals surface area (Å²) in [7, 11) is -0.825. The molecule has 1 aliphatic heterocycles. The second-order valence-corrected chi connectivity index (χ2v) is 9.91. The van der Waals surface area contributed by atoms with E-state index >= 15 is 0 Å². The van der Waals surface area contributed by atoms with Crippen molar-refractivity contribution in [1.29, 1.82) is 0 Å². The molecule has 1 fully saturated rings. The number of sulfonamides is 1. The molecule has 2 aromatic rings. The van der Waals surface area contributed by atoms with Crippen molar-refractivity contribution in [3.63, 3.8) is 0 Å². The molecule has 1 aliphatic rings. The molecule has 1 heterocycles. The number of para-hydroxylation sites is 1. The van der Waals surface area contributed by atoms with E-state index in [1.54, 1.807) is 4.90 Å². The Kier molecular flexibility index (Phi) is 6.80. The van der Waals surface area contributed by atoms with Crippen LogP contribution in [0.4, 0.5) is 5.69 Å². The van der Waals surface area contributed by atoms with Crippen LogP contribution in [-0.4, -0.2) is 56.6 Å². The highest BCUT2D eigenvalue weighted by molar-refractivity contribution is 7.89. The highest BCUT2D eigenvalue weighted by Crippen LogP contribution is 2.26. The van der Waals surface area contributed by atoms with E-state index in [4.69, 9.17) is 11.6 Å². The number of carbonyl (C=O) groups excluding carboxylic acids is 2. The molecule has 2 aromatic carbocycles. The van der Waals surface area contributed by atoms with E-state index in [-0.39, 0.29) is 33.2 Å². The number of rotatable bonds is 5. The molecule has 9 heteroatoms. The summed E-state index contributed by atoms with van der Waals surface area (Å²) < 4.78 is 25.8. The number of nitrogens with one attached hydrogen (secondary N) is 1. The van der Waals surface area contributed by atoms with Crippen LogP contribution in [0.5, 0.6) is 0 Å². The Morgan fingerprint density at radius 2 is 1.70 bits per heavy atom. The molecular formula is C21H24ClN3O4S. The Bertz CT molecular complexity index is 1030. The van der Waals surface area contributed by atoms with Crippen LogP contribution in [0.1, 0.15) is 23.2 Å². The van der Waals surface area contributed by atoms with Gasteiger partial charge in [0.05, 0.1) is 15.5 Å². The van der Waals surface area contributed by atoms with Gasteiger partial charge in [-0.1, -0.05) is 29.8 Å². The zero-order valence-corrected chi connectivity index (χ0v) is 18.4. The van der Waals surface area contributed by atoms with Gasteiger partial charge in [0.25, 0.3) is 5.91 Å². The van der Waals surface area contributed by atoms with Gasteiger partial charge in [0.15, 0.2) is 0 Å². The molecule has 0 aromatic heterocycles. The maximum absolute atomic E-state index is 13.0. The van der Waals surface area contributed by atoms with Gasteiger partial charge in [0, 0.05) is 38.8 Å². The van der Waals surface area contributed by atoms with Gasteiger partial charge in [-0.05, 0) is 43.2 Å². The first-order valence-corrected chi connectivity index (χ1v) is 11.4. The number of carbonyl (C=O) groups is 2. The molecule has 0 spiro atoms. The third kappa shape index (κ3) is 4.83. The smallest absolute Gasteiger partial charge is 0.255 e. The van der Waals surface area contributed by atoms with Crippen LogP contribution < -0.4 is 5.32 Å². The van der Waals surface area contributed by atoms with Crippen LogP contribution in [0.2, 0.25) is 5.02 Å². The lowest BCUT2D eigenvalue weighted by Crippen LogP contribution is -2.41. The maximum atomic E-state index is 13.0. The van der Waals surface area contributed by atoms with Gasteiger partial charge in [-0.2, -0.15) is 0 Å². The minimum absolute atomic E-state index is 0.0115. The first-order valence-electron chi connectivity index (χ1n) is 9.57. The Hall–Kier alpha value is -2.42. The van der Waals surface area contributed by atoms with E-state index < -0.39 is 10.0 Å². The highest BCUT2D eigenvalue weighted by Gasteiger charge is 2.29. The molecule has 7 nitrogen and oxygen atoms in total. The molecule has 3 rings (SSSR count). The van der Waals surface area contributed by atoms with E-state index in [2.05, 4.69) is 5.32 Å². The number of likely N-dealkylation sites (tertiary alicyclic amines) is 1. The van der Waals surface area contributed by atoms with Crippen LogP contribution in [0.15, 0.2) is 53.4 Å². The van der Waals surface area contributed by atoms with Crippen molar-refractivity contribution in [2.45, 2.75) is 17.7 Å². The van der Waals surface area contributed by atoms with Gasteiger partial charge in [0.1, 0.15) is 0 Å². The number of amides is 2. The van der Waals surface area contributed by atoms with Gasteiger partial charge in [0.2, 0.25) is 15.9 Å². The average Bonchev–Trinajstić information content (AvgIpc) is 2.74. The summed E-state index contributed by atoms with van der Waals surface area (Å²) in [6.07, 6.45) is 1.05. The highest BCUT2D eigenvalue weighted by atomic mass is 35.5. The van der Waals surface area contributed by atoms with Crippen LogP contribution >= 0.6 is 11.6 Å². The van der Waals surface area contributed by atoms with Crippen LogP contribution in [0.3, 0.4) is 0 Å². The lowest BCUT2D eigenvalue weighted by atomic mass is 9.95. The van der Waals surface area contributed by atoms with Crippen molar-refractivity contribution < 1.29 is 18.0 Å². The van der Waals surface area contributed by atoms with Crippen molar-refractivity contribution >= 4 is 39.1 Å². The summed E-state index contributed by atoms with van der Waals surface area (Å²) >= 11 is 6.19. The summed E-state index contributed by atoms with van der Waals surface area (Å²) in [5.74, 6) is -0.590. The molecule has 0 radical (unpaired) electrons. The molecular weight excluding hydrogens is 426 g/mol. The number of hydrogen-bond donors (Lipinski definition) is 1. The topological polar surface area (TPSA) is 86.8 Å². The molecule has 1 saturated heterocycles. The fourth-order valence-corrected chi connectivity index (χ4v) is 4.45. The largest absolute Gasteiger partial charge is 0.339 e. The fourth-order valence-electron chi connectivity index (χ4n) is 3.32. The van der Waals surface area contributed by atoms with Gasteiger partial charge in [-0.15, -0.1) is 0 Å². The second kappa shape index (κ2) is 9.16. The number of piperidine rings is 1. The van der Waals surface area contributed by atoms with Gasteiger partial charge < -0.3 is 10.2 Å². The van der Waals surface area contributed by atoms with Gasteiger partial charge >= 0.3 is 0 Å². The number of hydrogen-bond acceptors (Lipinski definition) is 4. The van der Waals surface area contributed by atoms with Crippen molar-refractivity contribution in [3.05, 3.63) is 59.1 Å². The normalized spacial score (nSPS) is 15.3. The summed E-state index contributed by atoms with van der Waals surface area (Å²) in [6.45, 7) is 0.791. The minimum atomic E-state index is -3.68. The molecule has 160 valence electrons. The summed E-state index contributed by atoms with van der Waals surface area (Å²) in [6, 6.07) is 13.4. The van der Waals surface area contributed by atoms with Crippen molar-refractivity contribution in [2.75, 3.05) is 32.5 Å². The lowest BCUT2D eigenvalue weighted by Gasteiger charge is -2.31. The minimum Gasteiger partial charge on any atom is -0.339 e. The Morgan fingerprint density at radius 1 is 1.07 bits per heavy atom. The number of anilines is 1. The Morgan fingerprint density at radius 3 is 2.30 bits per heavy atom. The standard InChI is InChI=1S/C21H24ClN3O4S/c1-24(2)30(28,29)17-8-9-19(22)18(14-17)21(27)25-12-10-15(11-13-25)20(26)23-16-6-4-3-5-7-16/h3-9,14-15H,10-13H2,1-2H3,(H,23,26). The molecule has 0 unspecified atom stereocenters. The van der Waals surface area contributed by atoms with E-state index in [0.29, 0.717) is 25.9 Å². The molecule has 2 amide bonds. The molecule has 1 N–H and O–H groups in total. The van der Waals surface area contributed by atoms with Crippen molar-refractivity contribution in [3.8, 4) is 0 Å². The quantitative estimate of drug-likeness (QED) is 0.759. The van der Waals surface area contributed by atoms with E-state index in [1.807, 2.05) is 30.3 Å². The van der Waals surface area contributed by atoms with Crippen LogP contribution in [0, 0.1) is 5.92 Å². The first kappa shape index (κ1) is 22.3. The van der Waals surface area contributed by atoms with Crippen molar-refractivity contribution in [2.24, 2.45) is 5.92 Å². The molecule has 0 atom stereocenters. The van der Waals surface area contributed by atoms with E-state index in [1.165, 1.54) is 32.3 Å².